The van der Waals surface area contributed by atoms with Gasteiger partial charge in [-0.25, -0.2) is 0 Å². The average Bonchev–Trinajstić information content (AvgIpc) is 2.34. The van der Waals surface area contributed by atoms with Crippen LogP contribution in [0.3, 0.4) is 0 Å². The maximum absolute atomic E-state index is 8.82. The smallest absolute Gasteiger partial charge is 0.0624 e. The Hall–Kier alpha value is -1.40. The Bertz CT molecular complexity index is 419. The maximum Gasteiger partial charge on any atom is 0.0624 e. The Balaban J connectivity index is 2.00. The number of likely N-dealkylation sites (tertiary alicyclic amines) is 1. The highest BCUT2D eigenvalue weighted by Crippen LogP contribution is 2.33. The largest absolute Gasteiger partial charge is 0.292 e. The van der Waals surface area contributed by atoms with Crippen molar-refractivity contribution in [3.8, 4) is 6.07 Å². The van der Waals surface area contributed by atoms with Gasteiger partial charge in [0.25, 0.3) is 0 Å². The molecule has 0 bridgehead atoms. The molecule has 0 aromatic carbocycles. The summed E-state index contributed by atoms with van der Waals surface area (Å²) in [6, 6.07) is 8.38. The van der Waals surface area contributed by atoms with Crippen LogP contribution < -0.4 is 0 Å². The molecule has 1 atom stereocenters. The molecule has 0 N–H and O–H groups in total. The van der Waals surface area contributed by atoms with Crippen molar-refractivity contribution in [3.05, 3.63) is 30.1 Å². The lowest BCUT2D eigenvalue weighted by molar-refractivity contribution is 0.0397. The predicted octanol–water partition coefficient (Wildman–Crippen LogP) is 2.99. The van der Waals surface area contributed by atoms with E-state index in [1.54, 1.807) is 0 Å². The van der Waals surface area contributed by atoms with Gasteiger partial charge in [-0.05, 0) is 51.3 Å². The molecule has 96 valence electrons. The van der Waals surface area contributed by atoms with Crippen molar-refractivity contribution in [1.29, 1.82) is 5.26 Å². The van der Waals surface area contributed by atoms with Gasteiger partial charge in [0.2, 0.25) is 0 Å². The third kappa shape index (κ3) is 3.08. The van der Waals surface area contributed by atoms with Gasteiger partial charge in [0.05, 0.1) is 11.8 Å². The lowest BCUT2D eigenvalue weighted by Gasteiger charge is -2.45. The van der Waals surface area contributed by atoms with Crippen LogP contribution in [0.25, 0.3) is 0 Å². The summed E-state index contributed by atoms with van der Waals surface area (Å²) in [6.45, 7) is 6.53. The molecule has 1 aliphatic rings. The number of pyridine rings is 1. The summed E-state index contributed by atoms with van der Waals surface area (Å²) >= 11 is 0. The van der Waals surface area contributed by atoms with E-state index in [1.807, 2.05) is 18.3 Å². The fraction of sp³-hybridized carbons (Fsp3) is 0.600. The van der Waals surface area contributed by atoms with Crippen molar-refractivity contribution in [3.63, 3.8) is 0 Å². The molecule has 1 aromatic heterocycles. The van der Waals surface area contributed by atoms with Gasteiger partial charge in [0, 0.05) is 24.7 Å². The van der Waals surface area contributed by atoms with Crippen LogP contribution in [0.1, 0.15) is 38.8 Å². The minimum Gasteiger partial charge on any atom is -0.292 e. The van der Waals surface area contributed by atoms with Crippen LogP contribution in [-0.2, 0) is 6.54 Å². The van der Waals surface area contributed by atoms with Gasteiger partial charge in [-0.3, -0.25) is 9.88 Å². The second-order valence-corrected chi connectivity index (χ2v) is 5.78. The molecule has 0 aliphatic carbocycles. The molecule has 0 radical (unpaired) electrons. The number of piperidine rings is 1. The first kappa shape index (κ1) is 13.0. The highest BCUT2D eigenvalue weighted by molar-refractivity contribution is 5.05. The van der Waals surface area contributed by atoms with Gasteiger partial charge in [-0.2, -0.15) is 5.26 Å². The minimum atomic E-state index is 0.164. The summed E-state index contributed by atoms with van der Waals surface area (Å²) < 4.78 is 0. The van der Waals surface area contributed by atoms with Crippen molar-refractivity contribution in [2.45, 2.75) is 45.2 Å². The van der Waals surface area contributed by atoms with E-state index in [1.165, 1.54) is 0 Å². The van der Waals surface area contributed by atoms with Crippen LogP contribution in [0, 0.1) is 17.2 Å². The maximum atomic E-state index is 8.82. The zero-order valence-corrected chi connectivity index (χ0v) is 11.3. The van der Waals surface area contributed by atoms with E-state index in [0.29, 0.717) is 12.3 Å². The molecular formula is C15H21N3. The van der Waals surface area contributed by atoms with Gasteiger partial charge in [-0.1, -0.05) is 6.07 Å². The molecule has 2 heterocycles. The molecular weight excluding hydrogens is 222 g/mol. The average molecular weight is 243 g/mol. The Kier molecular flexibility index (Phi) is 3.98. The predicted molar refractivity (Wildman–Crippen MR) is 71.7 cm³/mol. The Morgan fingerprint density at radius 3 is 2.94 bits per heavy atom. The summed E-state index contributed by atoms with van der Waals surface area (Å²) in [5.74, 6) is 0.560. The fourth-order valence-electron chi connectivity index (χ4n) is 2.86. The Labute approximate surface area is 109 Å². The molecule has 1 unspecified atom stereocenters. The normalized spacial score (nSPS) is 23.5. The second-order valence-electron chi connectivity index (χ2n) is 5.78. The van der Waals surface area contributed by atoms with E-state index in [0.717, 1.165) is 31.6 Å². The summed E-state index contributed by atoms with van der Waals surface area (Å²) in [7, 11) is 0. The van der Waals surface area contributed by atoms with Crippen LogP contribution >= 0.6 is 0 Å². The molecule has 0 saturated carbocycles. The number of nitriles is 1. The number of hydrogen-bond donors (Lipinski definition) is 0. The van der Waals surface area contributed by atoms with Crippen molar-refractivity contribution in [2.75, 3.05) is 6.54 Å². The van der Waals surface area contributed by atoms with Crippen LogP contribution in [0.15, 0.2) is 24.4 Å². The van der Waals surface area contributed by atoms with Crippen molar-refractivity contribution in [1.82, 2.24) is 9.88 Å². The van der Waals surface area contributed by atoms with Gasteiger partial charge in [0.1, 0.15) is 0 Å². The molecule has 3 heteroatoms. The van der Waals surface area contributed by atoms with Gasteiger partial charge < -0.3 is 0 Å². The second kappa shape index (κ2) is 5.49. The molecule has 1 fully saturated rings. The molecule has 0 spiro atoms. The van der Waals surface area contributed by atoms with Crippen LogP contribution in [-0.4, -0.2) is 22.0 Å². The zero-order valence-electron chi connectivity index (χ0n) is 11.3. The van der Waals surface area contributed by atoms with E-state index in [4.69, 9.17) is 5.26 Å². The quantitative estimate of drug-likeness (QED) is 0.819. The van der Waals surface area contributed by atoms with Crippen molar-refractivity contribution < 1.29 is 0 Å². The van der Waals surface area contributed by atoms with E-state index in [9.17, 15) is 0 Å². The zero-order chi connectivity index (χ0) is 13.0. The van der Waals surface area contributed by atoms with Crippen molar-refractivity contribution >= 4 is 0 Å². The van der Waals surface area contributed by atoms with Crippen LogP contribution in [0.2, 0.25) is 0 Å². The molecule has 1 aliphatic heterocycles. The topological polar surface area (TPSA) is 39.9 Å². The number of aromatic nitrogens is 1. The summed E-state index contributed by atoms with van der Waals surface area (Å²) in [6.07, 6.45) is 4.78. The number of hydrogen-bond acceptors (Lipinski definition) is 3. The fourth-order valence-corrected chi connectivity index (χ4v) is 2.86. The Morgan fingerprint density at radius 1 is 1.50 bits per heavy atom. The SMILES string of the molecule is CC1(C)CC(CC#N)CCN1Cc1ccccn1. The van der Waals surface area contributed by atoms with Gasteiger partial charge in [0.15, 0.2) is 0 Å². The highest BCUT2D eigenvalue weighted by Gasteiger charge is 2.34. The summed E-state index contributed by atoms with van der Waals surface area (Å²) in [5, 5.41) is 8.82. The standard InChI is InChI=1S/C15H21N3/c1-15(2)11-13(6-8-16)7-10-18(15)12-14-5-3-4-9-17-14/h3-5,9,13H,6-7,10-12H2,1-2H3. The van der Waals surface area contributed by atoms with Crippen LogP contribution in [0.5, 0.6) is 0 Å². The number of nitrogens with zero attached hydrogens (tertiary/aromatic N) is 3. The van der Waals surface area contributed by atoms with E-state index in [-0.39, 0.29) is 5.54 Å². The molecule has 3 nitrogen and oxygen atoms in total. The minimum absolute atomic E-state index is 0.164. The lowest BCUT2D eigenvalue weighted by Crippen LogP contribution is -2.49. The monoisotopic (exact) mass is 243 g/mol. The van der Waals surface area contributed by atoms with E-state index < -0.39 is 0 Å². The van der Waals surface area contributed by atoms with Gasteiger partial charge >= 0.3 is 0 Å². The highest BCUT2D eigenvalue weighted by atomic mass is 15.2. The van der Waals surface area contributed by atoms with Crippen LogP contribution in [0.4, 0.5) is 0 Å². The Morgan fingerprint density at radius 2 is 2.33 bits per heavy atom. The first-order valence-corrected chi connectivity index (χ1v) is 6.64. The van der Waals surface area contributed by atoms with Gasteiger partial charge in [-0.15, -0.1) is 0 Å². The van der Waals surface area contributed by atoms with Crippen molar-refractivity contribution in [2.24, 2.45) is 5.92 Å². The lowest BCUT2D eigenvalue weighted by atomic mass is 9.81. The van der Waals surface area contributed by atoms with E-state index in [2.05, 4.69) is 35.9 Å². The third-order valence-corrected chi connectivity index (χ3v) is 3.91. The number of rotatable bonds is 3. The molecule has 1 aromatic rings. The molecule has 1 saturated heterocycles. The molecule has 2 rings (SSSR count). The third-order valence-electron chi connectivity index (χ3n) is 3.91. The van der Waals surface area contributed by atoms with E-state index >= 15 is 0 Å². The first-order valence-electron chi connectivity index (χ1n) is 6.64. The summed E-state index contributed by atoms with van der Waals surface area (Å²) in [4.78, 5) is 6.89. The summed E-state index contributed by atoms with van der Waals surface area (Å²) in [5.41, 5.74) is 1.29. The first-order chi connectivity index (χ1) is 8.62. The molecule has 18 heavy (non-hydrogen) atoms. The molecule has 0 amide bonds.